The molecule has 18 heavy (non-hydrogen) atoms. The van der Waals surface area contributed by atoms with Crippen molar-refractivity contribution in [2.24, 2.45) is 11.7 Å². The first-order valence-corrected chi connectivity index (χ1v) is 6.14. The summed E-state index contributed by atoms with van der Waals surface area (Å²) in [7, 11) is 0. The molecule has 1 heterocycles. The molecule has 1 rings (SSSR count). The van der Waals surface area contributed by atoms with Gasteiger partial charge in [0.05, 0.1) is 12.4 Å². The van der Waals surface area contributed by atoms with Gasteiger partial charge in [-0.15, -0.1) is 12.4 Å². The van der Waals surface area contributed by atoms with Gasteiger partial charge in [-0.05, 0) is 12.3 Å². The highest BCUT2D eigenvalue weighted by molar-refractivity contribution is 5.85. The van der Waals surface area contributed by atoms with Crippen molar-refractivity contribution in [3.8, 4) is 0 Å². The molecule has 3 N–H and O–H groups in total. The molecule has 2 atom stereocenters. The predicted octanol–water partition coefficient (Wildman–Crippen LogP) is 1.18. The van der Waals surface area contributed by atoms with E-state index in [9.17, 15) is 4.79 Å². The number of hydrogen-bond donors (Lipinski definition) is 2. The van der Waals surface area contributed by atoms with Crippen LogP contribution >= 0.6 is 12.4 Å². The molecule has 5 nitrogen and oxygen atoms in total. The third-order valence-electron chi connectivity index (χ3n) is 3.01. The number of carbonyl (C=O) groups excluding carboxylic acids is 1. The van der Waals surface area contributed by atoms with Gasteiger partial charge in [0.15, 0.2) is 0 Å². The topological polar surface area (TPSA) is 72.9 Å². The van der Waals surface area contributed by atoms with Crippen LogP contribution in [0.1, 0.15) is 26.7 Å². The Balaban J connectivity index is 0.00000289. The van der Waals surface area contributed by atoms with Crippen molar-refractivity contribution in [3.05, 3.63) is 18.7 Å². The Morgan fingerprint density at radius 2 is 2.28 bits per heavy atom. The molecule has 104 valence electrons. The minimum Gasteiger partial charge on any atom is -0.355 e. The highest BCUT2D eigenvalue weighted by Gasteiger charge is 2.18. The zero-order chi connectivity index (χ0) is 12.7. The van der Waals surface area contributed by atoms with E-state index in [1.807, 2.05) is 24.6 Å². The zero-order valence-electron chi connectivity index (χ0n) is 11.0. The molecule has 0 aliphatic rings. The second-order valence-corrected chi connectivity index (χ2v) is 4.36. The zero-order valence-corrected chi connectivity index (χ0v) is 11.8. The summed E-state index contributed by atoms with van der Waals surface area (Å²) in [5, 5.41) is 2.86. The molecule has 0 radical (unpaired) electrons. The lowest BCUT2D eigenvalue weighted by molar-refractivity contribution is -0.123. The summed E-state index contributed by atoms with van der Waals surface area (Å²) < 4.78 is 1.99. The lowest BCUT2D eigenvalue weighted by Gasteiger charge is -2.17. The summed E-state index contributed by atoms with van der Waals surface area (Å²) in [5.74, 6) is 0.175. The Morgan fingerprint density at radius 1 is 1.56 bits per heavy atom. The molecule has 1 amide bonds. The molecule has 2 unspecified atom stereocenters. The molecule has 6 heteroatoms. The number of hydrogen-bond acceptors (Lipinski definition) is 3. The Hall–Kier alpha value is -1.07. The molecule has 0 saturated carbocycles. The highest BCUT2D eigenvalue weighted by atomic mass is 35.5. The van der Waals surface area contributed by atoms with E-state index in [4.69, 9.17) is 5.73 Å². The van der Waals surface area contributed by atoms with Crippen molar-refractivity contribution < 1.29 is 4.79 Å². The lowest BCUT2D eigenvalue weighted by atomic mass is 9.99. The first-order chi connectivity index (χ1) is 8.15. The van der Waals surface area contributed by atoms with Gasteiger partial charge in [-0.2, -0.15) is 0 Å². The van der Waals surface area contributed by atoms with Gasteiger partial charge in [0.1, 0.15) is 0 Å². The fraction of sp³-hybridized carbons (Fsp3) is 0.667. The number of aromatic nitrogens is 2. The van der Waals surface area contributed by atoms with Gasteiger partial charge in [-0.1, -0.05) is 20.3 Å². The highest BCUT2D eigenvalue weighted by Crippen LogP contribution is 2.04. The molecule has 0 fully saturated rings. The van der Waals surface area contributed by atoms with Crippen LogP contribution in [-0.4, -0.2) is 28.0 Å². The monoisotopic (exact) mass is 274 g/mol. The first-order valence-electron chi connectivity index (χ1n) is 6.14. The first kappa shape index (κ1) is 16.9. The van der Waals surface area contributed by atoms with Crippen molar-refractivity contribution in [3.63, 3.8) is 0 Å². The van der Waals surface area contributed by atoms with E-state index >= 15 is 0 Å². The normalized spacial score (nSPS) is 13.5. The van der Waals surface area contributed by atoms with Crippen LogP contribution < -0.4 is 11.1 Å². The Kier molecular flexibility index (Phi) is 8.41. The summed E-state index contributed by atoms with van der Waals surface area (Å²) in [4.78, 5) is 15.6. The number of aryl methyl sites for hydroxylation is 1. The van der Waals surface area contributed by atoms with Gasteiger partial charge in [0.2, 0.25) is 5.91 Å². The lowest BCUT2D eigenvalue weighted by Crippen LogP contribution is -2.44. The average Bonchev–Trinajstić information content (AvgIpc) is 2.85. The third kappa shape index (κ3) is 5.51. The largest absolute Gasteiger partial charge is 0.355 e. The minimum atomic E-state index is -0.395. The van der Waals surface area contributed by atoms with Crippen LogP contribution in [0.2, 0.25) is 0 Å². The van der Waals surface area contributed by atoms with E-state index < -0.39 is 6.04 Å². The van der Waals surface area contributed by atoms with Crippen LogP contribution in [-0.2, 0) is 11.3 Å². The number of nitrogens with one attached hydrogen (secondary N) is 1. The van der Waals surface area contributed by atoms with E-state index in [1.54, 1.807) is 12.5 Å². The SMILES string of the molecule is CCC(C)C(N)C(=O)NCCCn1ccnc1.Cl. The van der Waals surface area contributed by atoms with E-state index in [0.29, 0.717) is 6.54 Å². The number of carbonyl (C=O) groups is 1. The third-order valence-corrected chi connectivity index (χ3v) is 3.01. The predicted molar refractivity (Wildman–Crippen MR) is 74.5 cm³/mol. The molecular weight excluding hydrogens is 252 g/mol. The van der Waals surface area contributed by atoms with Crippen molar-refractivity contribution >= 4 is 18.3 Å². The van der Waals surface area contributed by atoms with Crippen LogP contribution in [0.5, 0.6) is 0 Å². The van der Waals surface area contributed by atoms with Crippen molar-refractivity contribution in [1.82, 2.24) is 14.9 Å². The summed E-state index contributed by atoms with van der Waals surface area (Å²) in [5.41, 5.74) is 5.82. The van der Waals surface area contributed by atoms with Crippen LogP contribution in [0.3, 0.4) is 0 Å². The molecule has 0 saturated heterocycles. The van der Waals surface area contributed by atoms with E-state index in [0.717, 1.165) is 19.4 Å². The van der Waals surface area contributed by atoms with Crippen LogP contribution in [0.4, 0.5) is 0 Å². The second kappa shape index (κ2) is 8.94. The molecule has 0 aromatic carbocycles. The quantitative estimate of drug-likeness (QED) is 0.734. The second-order valence-electron chi connectivity index (χ2n) is 4.36. The van der Waals surface area contributed by atoms with Crippen LogP contribution in [0, 0.1) is 5.92 Å². The van der Waals surface area contributed by atoms with Gasteiger partial charge in [0, 0.05) is 25.5 Å². The molecule has 1 aromatic heterocycles. The van der Waals surface area contributed by atoms with Gasteiger partial charge < -0.3 is 15.6 Å². The van der Waals surface area contributed by atoms with E-state index in [2.05, 4.69) is 10.3 Å². The van der Waals surface area contributed by atoms with E-state index in [1.165, 1.54) is 0 Å². The fourth-order valence-corrected chi connectivity index (χ4v) is 1.52. The van der Waals surface area contributed by atoms with Gasteiger partial charge in [-0.3, -0.25) is 4.79 Å². The van der Waals surface area contributed by atoms with Gasteiger partial charge in [-0.25, -0.2) is 4.98 Å². The molecule has 0 aliphatic heterocycles. The number of halogens is 1. The maximum absolute atomic E-state index is 11.6. The van der Waals surface area contributed by atoms with Gasteiger partial charge in [0.25, 0.3) is 0 Å². The van der Waals surface area contributed by atoms with Crippen molar-refractivity contribution in [1.29, 1.82) is 0 Å². The maximum Gasteiger partial charge on any atom is 0.237 e. The Morgan fingerprint density at radius 3 is 2.83 bits per heavy atom. The molecule has 1 aromatic rings. The van der Waals surface area contributed by atoms with E-state index in [-0.39, 0.29) is 24.2 Å². The Labute approximate surface area is 115 Å². The van der Waals surface area contributed by atoms with Crippen LogP contribution in [0.15, 0.2) is 18.7 Å². The van der Waals surface area contributed by atoms with Gasteiger partial charge >= 0.3 is 0 Å². The number of imidazole rings is 1. The van der Waals surface area contributed by atoms with Crippen molar-refractivity contribution in [2.75, 3.05) is 6.54 Å². The minimum absolute atomic E-state index is 0. The number of rotatable bonds is 7. The Bertz CT molecular complexity index is 329. The van der Waals surface area contributed by atoms with Crippen LogP contribution in [0.25, 0.3) is 0 Å². The number of nitrogens with two attached hydrogens (primary N) is 1. The summed E-state index contributed by atoms with van der Waals surface area (Å²) >= 11 is 0. The molecular formula is C12H23ClN4O. The fourth-order valence-electron chi connectivity index (χ4n) is 1.52. The number of amides is 1. The molecule has 0 bridgehead atoms. The van der Waals surface area contributed by atoms with Crippen molar-refractivity contribution in [2.45, 2.75) is 39.3 Å². The molecule has 0 spiro atoms. The smallest absolute Gasteiger partial charge is 0.237 e. The maximum atomic E-state index is 11.6. The molecule has 0 aliphatic carbocycles. The number of nitrogens with zero attached hydrogens (tertiary/aromatic N) is 2. The summed E-state index contributed by atoms with van der Waals surface area (Å²) in [6, 6.07) is -0.395. The summed E-state index contributed by atoms with van der Waals surface area (Å²) in [6.45, 7) is 5.55. The average molecular weight is 275 g/mol. The standard InChI is InChI=1S/C12H22N4O.ClH/c1-3-10(2)11(13)12(17)15-5-4-7-16-8-6-14-9-16;/h6,8-11H,3-5,7,13H2,1-2H3,(H,15,17);1H. The summed E-state index contributed by atoms with van der Waals surface area (Å²) in [6.07, 6.45) is 7.23.